The van der Waals surface area contributed by atoms with Gasteiger partial charge in [0.25, 0.3) is 10.0 Å². The van der Waals surface area contributed by atoms with Gasteiger partial charge in [-0.05, 0) is 18.2 Å². The van der Waals surface area contributed by atoms with Crippen molar-refractivity contribution < 1.29 is 27.9 Å². The van der Waals surface area contributed by atoms with Gasteiger partial charge in [0.2, 0.25) is 5.88 Å². The van der Waals surface area contributed by atoms with E-state index < -0.39 is 32.5 Å². The number of aromatic nitrogens is 1. The van der Waals surface area contributed by atoms with Crippen molar-refractivity contribution in [1.29, 1.82) is 0 Å². The lowest BCUT2D eigenvalue weighted by molar-refractivity contribution is 0.0692. The Morgan fingerprint density at radius 2 is 1.92 bits per heavy atom. The van der Waals surface area contributed by atoms with Crippen LogP contribution in [0, 0.1) is 0 Å². The molecule has 2 aromatic rings. The zero-order chi connectivity index (χ0) is 18.6. The molecule has 0 atom stereocenters. The number of pyridine rings is 1. The van der Waals surface area contributed by atoms with Crippen molar-refractivity contribution in [2.24, 2.45) is 0 Å². The van der Waals surface area contributed by atoms with Gasteiger partial charge in [-0.2, -0.15) is 4.98 Å². The van der Waals surface area contributed by atoms with E-state index >= 15 is 0 Å². The van der Waals surface area contributed by atoms with Crippen molar-refractivity contribution in [1.82, 2.24) is 9.71 Å². The van der Waals surface area contributed by atoms with Gasteiger partial charge in [0.1, 0.15) is 10.7 Å². The number of amides is 2. The summed E-state index contributed by atoms with van der Waals surface area (Å²) in [6.07, 6.45) is 0. The van der Waals surface area contributed by atoms with Crippen molar-refractivity contribution >= 4 is 39.4 Å². The molecule has 2 rings (SSSR count). The number of methoxy groups -OCH3 is 1. The Kier molecular flexibility index (Phi) is 5.45. The van der Waals surface area contributed by atoms with Gasteiger partial charge in [0.15, 0.2) is 0 Å². The summed E-state index contributed by atoms with van der Waals surface area (Å²) < 4.78 is 31.1. The zero-order valence-electron chi connectivity index (χ0n) is 12.7. The van der Waals surface area contributed by atoms with Gasteiger partial charge in [-0.1, -0.05) is 23.7 Å². The largest absolute Gasteiger partial charge is 0.481 e. The molecular weight excluding hydrogens is 374 g/mol. The Balaban J connectivity index is 2.23. The summed E-state index contributed by atoms with van der Waals surface area (Å²) in [5, 5.41) is 11.4. The van der Waals surface area contributed by atoms with E-state index in [2.05, 4.69) is 10.3 Å². The van der Waals surface area contributed by atoms with Crippen molar-refractivity contribution in [2.75, 3.05) is 12.4 Å². The SMILES string of the molecule is COc1cc(Cl)cc(NC(=O)NS(=O)(=O)c2ccccc2C(=O)O)n1. The monoisotopic (exact) mass is 385 g/mol. The third kappa shape index (κ3) is 4.58. The number of hydrogen-bond acceptors (Lipinski definition) is 6. The first-order chi connectivity index (χ1) is 11.7. The number of aromatic carboxylic acids is 1. The van der Waals surface area contributed by atoms with Crippen LogP contribution in [0.4, 0.5) is 10.6 Å². The Labute approximate surface area is 147 Å². The summed E-state index contributed by atoms with van der Waals surface area (Å²) in [4.78, 5) is 26.4. The number of nitrogens with one attached hydrogen (secondary N) is 2. The number of carbonyl (C=O) groups is 2. The number of hydrogen-bond donors (Lipinski definition) is 3. The quantitative estimate of drug-likeness (QED) is 0.715. The number of benzene rings is 1. The van der Waals surface area contributed by atoms with Gasteiger partial charge in [0.05, 0.1) is 12.7 Å². The maximum atomic E-state index is 12.2. The highest BCUT2D eigenvalue weighted by Crippen LogP contribution is 2.20. The number of carboxylic acid groups (broad SMARTS) is 1. The summed E-state index contributed by atoms with van der Waals surface area (Å²) in [6, 6.07) is 6.41. The number of carboxylic acids is 1. The lowest BCUT2D eigenvalue weighted by Crippen LogP contribution is -2.35. The zero-order valence-corrected chi connectivity index (χ0v) is 14.3. The molecule has 132 valence electrons. The van der Waals surface area contributed by atoms with Gasteiger partial charge in [-0.3, -0.25) is 5.32 Å². The first-order valence-electron chi connectivity index (χ1n) is 6.60. The fourth-order valence-corrected chi connectivity index (χ4v) is 3.14. The number of rotatable bonds is 5. The Bertz CT molecular complexity index is 932. The highest BCUT2D eigenvalue weighted by atomic mass is 35.5. The fraction of sp³-hybridized carbons (Fsp3) is 0.0714. The van der Waals surface area contributed by atoms with E-state index in [1.54, 1.807) is 4.72 Å². The van der Waals surface area contributed by atoms with E-state index in [-0.39, 0.29) is 16.7 Å². The van der Waals surface area contributed by atoms with E-state index in [1.165, 1.54) is 31.4 Å². The van der Waals surface area contributed by atoms with E-state index in [0.29, 0.717) is 0 Å². The van der Waals surface area contributed by atoms with Crippen LogP contribution in [0.3, 0.4) is 0 Å². The predicted molar refractivity (Wildman–Crippen MR) is 88.5 cm³/mol. The van der Waals surface area contributed by atoms with Gasteiger partial charge < -0.3 is 9.84 Å². The molecule has 0 bridgehead atoms. The lowest BCUT2D eigenvalue weighted by Gasteiger charge is -2.10. The number of halogens is 1. The second-order valence-electron chi connectivity index (χ2n) is 4.57. The van der Waals surface area contributed by atoms with Crippen LogP contribution in [0.2, 0.25) is 5.02 Å². The molecule has 1 aromatic carbocycles. The van der Waals surface area contributed by atoms with Crippen molar-refractivity contribution in [2.45, 2.75) is 4.90 Å². The second kappa shape index (κ2) is 7.36. The van der Waals surface area contributed by atoms with Crippen LogP contribution in [0.25, 0.3) is 0 Å². The smallest absolute Gasteiger partial charge is 0.337 e. The first-order valence-corrected chi connectivity index (χ1v) is 8.47. The molecule has 0 fully saturated rings. The van der Waals surface area contributed by atoms with Crippen LogP contribution in [-0.2, 0) is 10.0 Å². The van der Waals surface area contributed by atoms with E-state index in [0.717, 1.165) is 12.1 Å². The molecule has 9 nitrogen and oxygen atoms in total. The number of carbonyl (C=O) groups excluding carboxylic acids is 1. The molecule has 0 spiro atoms. The van der Waals surface area contributed by atoms with Crippen LogP contribution in [0.1, 0.15) is 10.4 Å². The fourth-order valence-electron chi connectivity index (χ4n) is 1.84. The third-order valence-electron chi connectivity index (χ3n) is 2.85. The molecule has 0 aliphatic heterocycles. The Morgan fingerprint density at radius 1 is 1.24 bits per heavy atom. The number of sulfonamides is 1. The minimum Gasteiger partial charge on any atom is -0.481 e. The molecule has 3 N–H and O–H groups in total. The number of anilines is 1. The molecule has 1 heterocycles. The van der Waals surface area contributed by atoms with E-state index in [1.807, 2.05) is 0 Å². The molecular formula is C14H12ClN3O6S. The van der Waals surface area contributed by atoms with Crippen molar-refractivity contribution in [3.63, 3.8) is 0 Å². The molecule has 0 radical (unpaired) electrons. The Hall–Kier alpha value is -2.85. The van der Waals surface area contributed by atoms with Crippen molar-refractivity contribution in [3.8, 4) is 5.88 Å². The first kappa shape index (κ1) is 18.5. The Morgan fingerprint density at radius 3 is 2.56 bits per heavy atom. The topological polar surface area (TPSA) is 135 Å². The van der Waals surface area contributed by atoms with Gasteiger partial charge >= 0.3 is 12.0 Å². The molecule has 0 unspecified atom stereocenters. The van der Waals surface area contributed by atoms with Gasteiger partial charge in [-0.25, -0.2) is 22.7 Å². The summed E-state index contributed by atoms with van der Waals surface area (Å²) in [5.74, 6) is -1.38. The molecule has 0 saturated carbocycles. The molecule has 0 saturated heterocycles. The third-order valence-corrected chi connectivity index (χ3v) is 4.46. The standard InChI is InChI=1S/C14H12ClN3O6S/c1-24-12-7-8(15)6-11(16-12)17-14(21)18-25(22,23)10-5-3-2-4-9(10)13(19)20/h2-7H,1H3,(H,19,20)(H2,16,17,18,21). The van der Waals surface area contributed by atoms with Crippen LogP contribution in [0.15, 0.2) is 41.3 Å². The lowest BCUT2D eigenvalue weighted by atomic mass is 10.2. The molecule has 1 aromatic heterocycles. The van der Waals surface area contributed by atoms with Crippen LogP contribution in [-0.4, -0.2) is 37.6 Å². The minimum atomic E-state index is -4.42. The van der Waals surface area contributed by atoms with E-state index in [4.69, 9.17) is 21.4 Å². The average molecular weight is 386 g/mol. The summed E-state index contributed by atoms with van der Waals surface area (Å²) in [5.41, 5.74) is -0.467. The molecule has 0 aliphatic rings. The minimum absolute atomic E-state index is 0.0523. The van der Waals surface area contributed by atoms with Gasteiger partial charge in [-0.15, -0.1) is 0 Å². The molecule has 25 heavy (non-hydrogen) atoms. The second-order valence-corrected chi connectivity index (χ2v) is 6.66. The summed E-state index contributed by atoms with van der Waals surface area (Å²) in [7, 11) is -3.07. The van der Waals surface area contributed by atoms with E-state index in [9.17, 15) is 18.0 Å². The number of nitrogens with zero attached hydrogens (tertiary/aromatic N) is 1. The number of urea groups is 1. The maximum absolute atomic E-state index is 12.2. The van der Waals surface area contributed by atoms with Crippen molar-refractivity contribution in [3.05, 3.63) is 47.0 Å². The van der Waals surface area contributed by atoms with Gasteiger partial charge in [0, 0.05) is 11.1 Å². The molecule has 0 aliphatic carbocycles. The molecule has 2 amide bonds. The summed E-state index contributed by atoms with van der Waals surface area (Å²) >= 11 is 5.82. The van der Waals surface area contributed by atoms with Crippen LogP contribution in [0.5, 0.6) is 5.88 Å². The molecule has 11 heteroatoms. The average Bonchev–Trinajstić information content (AvgIpc) is 2.53. The summed E-state index contributed by atoms with van der Waals surface area (Å²) in [6.45, 7) is 0. The maximum Gasteiger partial charge on any atom is 0.337 e. The highest BCUT2D eigenvalue weighted by molar-refractivity contribution is 7.90. The van der Waals surface area contributed by atoms with Crippen LogP contribution >= 0.6 is 11.6 Å². The predicted octanol–water partition coefficient (Wildman–Crippen LogP) is 1.95. The van der Waals surface area contributed by atoms with Crippen LogP contribution < -0.4 is 14.8 Å². The normalized spacial score (nSPS) is 10.8. The highest BCUT2D eigenvalue weighted by Gasteiger charge is 2.24. The number of ether oxygens (including phenoxy) is 1.